The molecule has 94 valence electrons. The smallest absolute Gasteiger partial charge is 0.222 e. The molecule has 0 aliphatic carbocycles. The molecule has 0 radical (unpaired) electrons. The average molecular weight is 236 g/mol. The third-order valence-corrected chi connectivity index (χ3v) is 3.28. The molecule has 0 bridgehead atoms. The Labute approximate surface area is 102 Å². The molecule has 17 heavy (non-hydrogen) atoms. The Morgan fingerprint density at radius 2 is 2.24 bits per heavy atom. The largest absolute Gasteiger partial charge is 0.342 e. The molecule has 2 N–H and O–H groups in total. The second-order valence-electron chi connectivity index (χ2n) is 4.65. The molecule has 1 unspecified atom stereocenters. The first kappa shape index (κ1) is 12.1. The predicted molar refractivity (Wildman–Crippen MR) is 65.2 cm³/mol. The van der Waals surface area contributed by atoms with Crippen LogP contribution in [0.1, 0.15) is 19.3 Å². The van der Waals surface area contributed by atoms with Crippen LogP contribution in [-0.4, -0.2) is 40.0 Å². The van der Waals surface area contributed by atoms with Crippen LogP contribution in [0, 0.1) is 5.92 Å². The van der Waals surface area contributed by atoms with E-state index in [2.05, 4.69) is 9.55 Å². The van der Waals surface area contributed by atoms with Crippen molar-refractivity contribution in [3.8, 4) is 0 Å². The first-order valence-electron chi connectivity index (χ1n) is 6.23. The van der Waals surface area contributed by atoms with Gasteiger partial charge in [-0.2, -0.15) is 0 Å². The molecule has 0 aromatic carbocycles. The van der Waals surface area contributed by atoms with Crippen molar-refractivity contribution >= 4 is 5.91 Å². The Balaban J connectivity index is 1.64. The maximum atomic E-state index is 11.6. The van der Waals surface area contributed by atoms with Crippen LogP contribution in [0.5, 0.6) is 0 Å². The summed E-state index contributed by atoms with van der Waals surface area (Å²) in [5.41, 5.74) is 5.59. The molecule has 1 aliphatic rings. The third kappa shape index (κ3) is 3.30. The number of carbonyl (C=O) groups is 1. The van der Waals surface area contributed by atoms with Crippen LogP contribution < -0.4 is 5.73 Å². The Kier molecular flexibility index (Phi) is 4.14. The van der Waals surface area contributed by atoms with Gasteiger partial charge >= 0.3 is 0 Å². The lowest BCUT2D eigenvalue weighted by Gasteiger charge is -2.16. The normalized spacial score (nSPS) is 20.2. The summed E-state index contributed by atoms with van der Waals surface area (Å²) < 4.78 is 2.06. The van der Waals surface area contributed by atoms with Gasteiger partial charge in [0.05, 0.1) is 6.33 Å². The highest BCUT2D eigenvalue weighted by molar-refractivity contribution is 5.78. The summed E-state index contributed by atoms with van der Waals surface area (Å²) in [5.74, 6) is 0.638. The van der Waals surface area contributed by atoms with E-state index in [1.165, 1.54) is 0 Å². The van der Waals surface area contributed by atoms with Gasteiger partial charge in [0, 0.05) is 38.4 Å². The Bertz CT molecular complexity index is 349. The van der Waals surface area contributed by atoms with Crippen LogP contribution in [0.2, 0.25) is 0 Å². The predicted octanol–water partition coefficient (Wildman–Crippen LogP) is 0.470. The highest BCUT2D eigenvalue weighted by Crippen LogP contribution is 2.16. The molecule has 1 amide bonds. The molecule has 1 aliphatic heterocycles. The molecular weight excluding hydrogens is 216 g/mol. The average Bonchev–Trinajstić information content (AvgIpc) is 2.94. The minimum atomic E-state index is 0.267. The fourth-order valence-corrected chi connectivity index (χ4v) is 2.24. The van der Waals surface area contributed by atoms with Crippen LogP contribution in [0.25, 0.3) is 0 Å². The standard InChI is InChI=1S/C12H20N4O/c13-8-11-7-12(17)16(9-11)5-2-1-4-15-6-3-14-10-15/h3,6,10-11H,1-2,4-5,7-9,13H2. The molecule has 1 saturated heterocycles. The number of rotatable bonds is 6. The topological polar surface area (TPSA) is 64.2 Å². The number of aromatic nitrogens is 2. The van der Waals surface area contributed by atoms with Crippen LogP contribution >= 0.6 is 0 Å². The Morgan fingerprint density at radius 1 is 1.41 bits per heavy atom. The fraction of sp³-hybridized carbons (Fsp3) is 0.667. The summed E-state index contributed by atoms with van der Waals surface area (Å²) in [4.78, 5) is 17.6. The lowest BCUT2D eigenvalue weighted by atomic mass is 10.1. The summed E-state index contributed by atoms with van der Waals surface area (Å²) in [6, 6.07) is 0. The minimum absolute atomic E-state index is 0.267. The van der Waals surface area contributed by atoms with Crippen molar-refractivity contribution in [1.82, 2.24) is 14.5 Å². The van der Waals surface area contributed by atoms with Gasteiger partial charge in [-0.3, -0.25) is 4.79 Å². The monoisotopic (exact) mass is 236 g/mol. The minimum Gasteiger partial charge on any atom is -0.342 e. The van der Waals surface area contributed by atoms with E-state index in [0.29, 0.717) is 18.9 Å². The molecule has 1 aromatic rings. The van der Waals surface area contributed by atoms with Gasteiger partial charge in [-0.15, -0.1) is 0 Å². The van der Waals surface area contributed by atoms with Gasteiger partial charge in [-0.05, 0) is 25.3 Å². The molecule has 2 heterocycles. The molecule has 1 fully saturated rings. The number of aryl methyl sites for hydroxylation is 1. The first-order chi connectivity index (χ1) is 8.29. The molecule has 5 heteroatoms. The number of imidazole rings is 1. The number of unbranched alkanes of at least 4 members (excludes halogenated alkanes) is 1. The van der Waals surface area contributed by atoms with Crippen molar-refractivity contribution in [3.63, 3.8) is 0 Å². The summed E-state index contributed by atoms with van der Waals surface area (Å²) in [7, 11) is 0. The summed E-state index contributed by atoms with van der Waals surface area (Å²) in [5, 5.41) is 0. The van der Waals surface area contributed by atoms with E-state index in [1.54, 1.807) is 6.20 Å². The van der Waals surface area contributed by atoms with Gasteiger partial charge < -0.3 is 15.2 Å². The van der Waals surface area contributed by atoms with E-state index in [1.807, 2.05) is 17.4 Å². The van der Waals surface area contributed by atoms with Gasteiger partial charge in [0.25, 0.3) is 0 Å². The second kappa shape index (κ2) is 5.82. The molecule has 1 atom stereocenters. The zero-order valence-corrected chi connectivity index (χ0v) is 10.1. The van der Waals surface area contributed by atoms with E-state index >= 15 is 0 Å². The lowest BCUT2D eigenvalue weighted by molar-refractivity contribution is -0.127. The van der Waals surface area contributed by atoms with E-state index in [4.69, 9.17) is 5.73 Å². The van der Waals surface area contributed by atoms with Crippen molar-refractivity contribution in [2.24, 2.45) is 11.7 Å². The Hall–Kier alpha value is -1.36. The van der Waals surface area contributed by atoms with E-state index in [0.717, 1.165) is 32.5 Å². The number of carbonyl (C=O) groups excluding carboxylic acids is 1. The number of hydrogen-bond donors (Lipinski definition) is 1. The van der Waals surface area contributed by atoms with Crippen molar-refractivity contribution < 1.29 is 4.79 Å². The zero-order chi connectivity index (χ0) is 12.1. The second-order valence-corrected chi connectivity index (χ2v) is 4.65. The van der Waals surface area contributed by atoms with Crippen molar-refractivity contribution in [2.75, 3.05) is 19.6 Å². The maximum absolute atomic E-state index is 11.6. The number of nitrogens with two attached hydrogens (primary N) is 1. The molecule has 2 rings (SSSR count). The SMILES string of the molecule is NCC1CC(=O)N(CCCCn2ccnc2)C1. The Morgan fingerprint density at radius 3 is 2.88 bits per heavy atom. The quantitative estimate of drug-likeness (QED) is 0.730. The van der Waals surface area contributed by atoms with Crippen LogP contribution in [-0.2, 0) is 11.3 Å². The van der Waals surface area contributed by atoms with Gasteiger partial charge in [0.2, 0.25) is 5.91 Å². The number of likely N-dealkylation sites (tertiary alicyclic amines) is 1. The van der Waals surface area contributed by atoms with Crippen LogP contribution in [0.15, 0.2) is 18.7 Å². The summed E-state index contributed by atoms with van der Waals surface area (Å²) in [6.07, 6.45) is 8.33. The van der Waals surface area contributed by atoms with Gasteiger partial charge in [0.1, 0.15) is 0 Å². The number of amides is 1. The van der Waals surface area contributed by atoms with Gasteiger partial charge in [-0.25, -0.2) is 4.98 Å². The van der Waals surface area contributed by atoms with Crippen molar-refractivity contribution in [3.05, 3.63) is 18.7 Å². The zero-order valence-electron chi connectivity index (χ0n) is 10.1. The van der Waals surface area contributed by atoms with Gasteiger partial charge in [-0.1, -0.05) is 0 Å². The molecule has 0 saturated carbocycles. The molecular formula is C12H20N4O. The maximum Gasteiger partial charge on any atom is 0.222 e. The molecule has 0 spiro atoms. The fourth-order valence-electron chi connectivity index (χ4n) is 2.24. The highest BCUT2D eigenvalue weighted by atomic mass is 16.2. The van der Waals surface area contributed by atoms with Crippen LogP contribution in [0.3, 0.4) is 0 Å². The molecule has 5 nitrogen and oxygen atoms in total. The number of nitrogens with zero attached hydrogens (tertiary/aromatic N) is 3. The van der Waals surface area contributed by atoms with Crippen molar-refractivity contribution in [1.29, 1.82) is 0 Å². The van der Waals surface area contributed by atoms with E-state index in [9.17, 15) is 4.79 Å². The first-order valence-corrected chi connectivity index (χ1v) is 6.23. The lowest BCUT2D eigenvalue weighted by Crippen LogP contribution is -2.27. The number of hydrogen-bond acceptors (Lipinski definition) is 3. The van der Waals surface area contributed by atoms with E-state index < -0.39 is 0 Å². The highest BCUT2D eigenvalue weighted by Gasteiger charge is 2.27. The summed E-state index contributed by atoms with van der Waals surface area (Å²) in [6.45, 7) is 3.31. The van der Waals surface area contributed by atoms with E-state index in [-0.39, 0.29) is 5.91 Å². The molecule has 1 aromatic heterocycles. The van der Waals surface area contributed by atoms with Crippen LogP contribution in [0.4, 0.5) is 0 Å². The third-order valence-electron chi connectivity index (χ3n) is 3.28. The van der Waals surface area contributed by atoms with Crippen molar-refractivity contribution in [2.45, 2.75) is 25.8 Å². The summed E-state index contributed by atoms with van der Waals surface area (Å²) >= 11 is 0. The van der Waals surface area contributed by atoms with Gasteiger partial charge in [0.15, 0.2) is 0 Å².